The average Bonchev–Trinajstić information content (AvgIpc) is 3.46. The number of hydrogen-bond donors (Lipinski definition) is 0. The summed E-state index contributed by atoms with van der Waals surface area (Å²) in [4.78, 5) is 19.1. The summed E-state index contributed by atoms with van der Waals surface area (Å²) in [6.07, 6.45) is 7.78. The van der Waals surface area contributed by atoms with Gasteiger partial charge in [-0.15, -0.1) is 11.3 Å². The zero-order valence-electron chi connectivity index (χ0n) is 18.9. The van der Waals surface area contributed by atoms with Gasteiger partial charge in [0.15, 0.2) is 0 Å². The van der Waals surface area contributed by atoms with Gasteiger partial charge in [-0.2, -0.15) is 0 Å². The van der Waals surface area contributed by atoms with Gasteiger partial charge in [-0.1, -0.05) is 68.7 Å². The Morgan fingerprint density at radius 3 is 2.67 bits per heavy atom. The second kappa shape index (κ2) is 9.75. The van der Waals surface area contributed by atoms with Crippen LogP contribution in [0.1, 0.15) is 50.4 Å². The van der Waals surface area contributed by atoms with Crippen LogP contribution in [-0.4, -0.2) is 16.2 Å². The number of hydrogen-bond acceptors (Lipinski definition) is 4. The summed E-state index contributed by atoms with van der Waals surface area (Å²) in [5.74, 6) is 1.70. The van der Waals surface area contributed by atoms with Crippen LogP contribution in [-0.2, 0) is 6.54 Å². The summed E-state index contributed by atoms with van der Waals surface area (Å²) in [5.41, 5.74) is 4.31. The highest BCUT2D eigenvalue weighted by molar-refractivity contribution is 7.17. The van der Waals surface area contributed by atoms with Gasteiger partial charge in [0.1, 0.15) is 16.4 Å². The van der Waals surface area contributed by atoms with E-state index in [4.69, 9.17) is 9.72 Å². The molecule has 4 aromatic rings. The number of thiophene rings is 1. The van der Waals surface area contributed by atoms with Gasteiger partial charge in [0.25, 0.3) is 5.56 Å². The first-order valence-corrected chi connectivity index (χ1v) is 12.6. The molecule has 0 unspecified atom stereocenters. The molecule has 33 heavy (non-hydrogen) atoms. The molecule has 0 bridgehead atoms. The number of aromatic nitrogens is 2. The minimum atomic E-state index is 0.0605. The monoisotopic (exact) mass is 456 g/mol. The number of rotatable bonds is 8. The van der Waals surface area contributed by atoms with Crippen molar-refractivity contribution >= 4 is 33.2 Å². The first-order chi connectivity index (χ1) is 16.2. The van der Waals surface area contributed by atoms with Crippen LogP contribution in [0.3, 0.4) is 0 Å². The van der Waals surface area contributed by atoms with Gasteiger partial charge < -0.3 is 4.74 Å². The van der Waals surface area contributed by atoms with Crippen LogP contribution in [0.15, 0.2) is 64.8 Å². The van der Waals surface area contributed by atoms with Crippen LogP contribution in [0.2, 0.25) is 0 Å². The SMILES string of the molecule is CCCCCCOc1ccc(C=C2CCn3c2nc2scc(-c4ccccc4)c2c3=O)cc1. The van der Waals surface area contributed by atoms with Gasteiger partial charge in [-0.3, -0.25) is 9.36 Å². The molecule has 2 aromatic heterocycles. The standard InChI is InChI=1S/C28H28N2O2S/c1-2-3-4-8-17-32-23-13-11-20(12-14-23)18-22-15-16-30-26(22)29-27-25(28(30)31)24(19-33-27)21-9-6-5-7-10-21/h5-7,9-14,18-19H,2-4,8,15-17H2,1H3. The molecule has 1 aliphatic heterocycles. The second-order valence-corrected chi connectivity index (χ2v) is 9.34. The third kappa shape index (κ3) is 4.51. The summed E-state index contributed by atoms with van der Waals surface area (Å²) in [5, 5.41) is 2.78. The van der Waals surface area contributed by atoms with E-state index in [0.717, 1.165) is 63.5 Å². The Morgan fingerprint density at radius 1 is 1.06 bits per heavy atom. The van der Waals surface area contributed by atoms with Crippen LogP contribution in [0.4, 0.5) is 0 Å². The topological polar surface area (TPSA) is 44.1 Å². The maximum Gasteiger partial charge on any atom is 0.263 e. The minimum absolute atomic E-state index is 0.0605. The van der Waals surface area contributed by atoms with Crippen LogP contribution < -0.4 is 10.3 Å². The molecule has 2 aromatic carbocycles. The maximum atomic E-state index is 13.4. The van der Waals surface area contributed by atoms with Crippen molar-refractivity contribution in [2.24, 2.45) is 0 Å². The molecule has 0 atom stereocenters. The Kier molecular flexibility index (Phi) is 6.40. The number of benzene rings is 2. The molecular formula is C28H28N2O2S. The van der Waals surface area contributed by atoms with Crippen LogP contribution in [0, 0.1) is 0 Å². The van der Waals surface area contributed by atoms with Crippen molar-refractivity contribution in [3.8, 4) is 16.9 Å². The first kappa shape index (κ1) is 21.7. The van der Waals surface area contributed by atoms with E-state index in [0.29, 0.717) is 6.54 Å². The Balaban J connectivity index is 1.39. The van der Waals surface area contributed by atoms with Gasteiger partial charge in [-0.05, 0) is 47.8 Å². The smallest absolute Gasteiger partial charge is 0.263 e. The molecular weight excluding hydrogens is 428 g/mol. The van der Waals surface area contributed by atoms with E-state index >= 15 is 0 Å². The van der Waals surface area contributed by atoms with E-state index in [9.17, 15) is 4.79 Å². The van der Waals surface area contributed by atoms with Crippen molar-refractivity contribution < 1.29 is 4.74 Å². The van der Waals surface area contributed by atoms with Crippen molar-refractivity contribution in [2.45, 2.75) is 45.6 Å². The lowest BCUT2D eigenvalue weighted by molar-refractivity contribution is 0.305. The first-order valence-electron chi connectivity index (χ1n) is 11.8. The molecule has 0 saturated carbocycles. The molecule has 1 aliphatic rings. The summed E-state index contributed by atoms with van der Waals surface area (Å²) in [7, 11) is 0. The lowest BCUT2D eigenvalue weighted by Gasteiger charge is -2.07. The predicted octanol–water partition coefficient (Wildman–Crippen LogP) is 7.03. The van der Waals surface area contributed by atoms with Crippen molar-refractivity contribution in [1.82, 2.24) is 9.55 Å². The van der Waals surface area contributed by atoms with Gasteiger partial charge >= 0.3 is 0 Å². The van der Waals surface area contributed by atoms with E-state index in [2.05, 4.69) is 30.5 Å². The van der Waals surface area contributed by atoms with E-state index in [1.54, 1.807) is 11.3 Å². The third-order valence-electron chi connectivity index (χ3n) is 6.16. The molecule has 4 nitrogen and oxygen atoms in total. The fourth-order valence-electron chi connectivity index (χ4n) is 4.37. The normalized spacial score (nSPS) is 14.2. The lowest BCUT2D eigenvalue weighted by Crippen LogP contribution is -2.20. The Hall–Kier alpha value is -3.18. The van der Waals surface area contributed by atoms with Gasteiger partial charge in [0.05, 0.1) is 12.0 Å². The number of allylic oxidation sites excluding steroid dienone is 1. The Bertz CT molecular complexity index is 1330. The van der Waals surface area contributed by atoms with Crippen LogP contribution in [0.5, 0.6) is 5.75 Å². The molecule has 5 heteroatoms. The molecule has 0 N–H and O–H groups in total. The van der Waals surface area contributed by atoms with E-state index < -0.39 is 0 Å². The van der Waals surface area contributed by atoms with Gasteiger partial charge in [0, 0.05) is 17.5 Å². The lowest BCUT2D eigenvalue weighted by atomic mass is 10.1. The summed E-state index contributed by atoms with van der Waals surface area (Å²) in [6.45, 7) is 3.65. The van der Waals surface area contributed by atoms with Crippen LogP contribution in [0.25, 0.3) is 33.0 Å². The third-order valence-corrected chi connectivity index (χ3v) is 7.03. The van der Waals surface area contributed by atoms with E-state index in [-0.39, 0.29) is 5.56 Å². The molecule has 168 valence electrons. The summed E-state index contributed by atoms with van der Waals surface area (Å²) < 4.78 is 7.69. The van der Waals surface area contributed by atoms with Crippen molar-refractivity contribution in [3.05, 3.63) is 81.7 Å². The quantitative estimate of drug-likeness (QED) is 0.267. The van der Waals surface area contributed by atoms with E-state index in [1.165, 1.54) is 19.3 Å². The number of nitrogens with zero attached hydrogens (tertiary/aromatic N) is 2. The molecule has 0 amide bonds. The molecule has 0 radical (unpaired) electrons. The van der Waals surface area contributed by atoms with Crippen LogP contribution >= 0.6 is 11.3 Å². The number of unbranched alkanes of at least 4 members (excludes halogenated alkanes) is 3. The molecule has 0 saturated heterocycles. The number of ether oxygens (including phenoxy) is 1. The zero-order valence-corrected chi connectivity index (χ0v) is 19.7. The Labute approximate surface area is 198 Å². The van der Waals surface area contributed by atoms with Crippen molar-refractivity contribution in [1.29, 1.82) is 0 Å². The Morgan fingerprint density at radius 2 is 1.88 bits per heavy atom. The fourth-order valence-corrected chi connectivity index (χ4v) is 5.31. The molecule has 3 heterocycles. The largest absolute Gasteiger partial charge is 0.494 e. The molecule has 5 rings (SSSR count). The van der Waals surface area contributed by atoms with Gasteiger partial charge in [-0.25, -0.2) is 4.98 Å². The average molecular weight is 457 g/mol. The second-order valence-electron chi connectivity index (χ2n) is 8.49. The molecule has 0 fully saturated rings. The van der Waals surface area contributed by atoms with Gasteiger partial charge in [0.2, 0.25) is 0 Å². The molecule has 0 aliphatic carbocycles. The molecule has 0 spiro atoms. The van der Waals surface area contributed by atoms with Crippen molar-refractivity contribution in [2.75, 3.05) is 6.61 Å². The van der Waals surface area contributed by atoms with Crippen molar-refractivity contribution in [3.63, 3.8) is 0 Å². The highest BCUT2D eigenvalue weighted by Gasteiger charge is 2.23. The minimum Gasteiger partial charge on any atom is -0.494 e. The zero-order chi connectivity index (χ0) is 22.6. The highest BCUT2D eigenvalue weighted by atomic mass is 32.1. The summed E-state index contributed by atoms with van der Waals surface area (Å²) in [6, 6.07) is 18.3. The predicted molar refractivity (Wildman–Crippen MR) is 138 cm³/mol. The maximum absolute atomic E-state index is 13.4. The van der Waals surface area contributed by atoms with E-state index in [1.807, 2.05) is 47.0 Å². The summed E-state index contributed by atoms with van der Waals surface area (Å²) >= 11 is 1.54. The highest BCUT2D eigenvalue weighted by Crippen LogP contribution is 2.34. The number of fused-ring (bicyclic) bond motifs is 2. The fraction of sp³-hybridized carbons (Fsp3) is 0.286.